The smallest absolute Gasteiger partial charge is 0.226 e. The van der Waals surface area contributed by atoms with Gasteiger partial charge in [0, 0.05) is 19.0 Å². The molecule has 2 aliphatic rings. The predicted molar refractivity (Wildman–Crippen MR) is 78.2 cm³/mol. The van der Waals surface area contributed by atoms with E-state index in [9.17, 15) is 4.79 Å². The highest BCUT2D eigenvalue weighted by atomic mass is 16.6. The Balaban J connectivity index is 1.66. The van der Waals surface area contributed by atoms with Gasteiger partial charge in [0.2, 0.25) is 5.91 Å². The van der Waals surface area contributed by atoms with Crippen molar-refractivity contribution in [3.8, 4) is 0 Å². The zero-order valence-corrected chi connectivity index (χ0v) is 12.0. The van der Waals surface area contributed by atoms with Crippen LogP contribution in [0.3, 0.4) is 0 Å². The van der Waals surface area contributed by atoms with Crippen LogP contribution < -0.4 is 0 Å². The van der Waals surface area contributed by atoms with E-state index in [2.05, 4.69) is 12.1 Å². The largest absolute Gasteiger partial charge is 0.371 e. The average molecular weight is 273 g/mol. The molecule has 1 heterocycles. The molecule has 1 saturated heterocycles. The van der Waals surface area contributed by atoms with E-state index >= 15 is 0 Å². The van der Waals surface area contributed by atoms with E-state index in [-0.39, 0.29) is 12.0 Å². The SMILES string of the molecule is O=C(C1CCCCC1)N(Cc1ccccc1)CC1CO1. The summed E-state index contributed by atoms with van der Waals surface area (Å²) in [6.07, 6.45) is 6.09. The molecule has 3 heteroatoms. The van der Waals surface area contributed by atoms with Crippen LogP contribution in [0.4, 0.5) is 0 Å². The molecule has 0 radical (unpaired) electrons. The Morgan fingerprint density at radius 3 is 2.50 bits per heavy atom. The summed E-state index contributed by atoms with van der Waals surface area (Å²) in [6, 6.07) is 10.3. The van der Waals surface area contributed by atoms with Gasteiger partial charge in [-0.1, -0.05) is 49.6 Å². The molecular weight excluding hydrogens is 250 g/mol. The Hall–Kier alpha value is -1.35. The summed E-state index contributed by atoms with van der Waals surface area (Å²) in [6.45, 7) is 2.28. The van der Waals surface area contributed by atoms with Crippen molar-refractivity contribution in [1.29, 1.82) is 0 Å². The van der Waals surface area contributed by atoms with Gasteiger partial charge in [-0.05, 0) is 18.4 Å². The molecule has 3 nitrogen and oxygen atoms in total. The average Bonchev–Trinajstić information content (AvgIpc) is 3.32. The summed E-state index contributed by atoms with van der Waals surface area (Å²) < 4.78 is 5.32. The fraction of sp³-hybridized carbons (Fsp3) is 0.588. The van der Waals surface area contributed by atoms with Crippen LogP contribution in [-0.2, 0) is 16.1 Å². The van der Waals surface area contributed by atoms with Gasteiger partial charge < -0.3 is 9.64 Å². The number of hydrogen-bond acceptors (Lipinski definition) is 2. The van der Waals surface area contributed by atoms with E-state index in [4.69, 9.17) is 4.74 Å². The van der Waals surface area contributed by atoms with E-state index in [1.807, 2.05) is 23.1 Å². The third-order valence-electron chi connectivity index (χ3n) is 4.31. The van der Waals surface area contributed by atoms with Crippen molar-refractivity contribution in [1.82, 2.24) is 4.90 Å². The van der Waals surface area contributed by atoms with Gasteiger partial charge in [-0.15, -0.1) is 0 Å². The number of epoxide rings is 1. The normalized spacial score (nSPS) is 22.5. The fourth-order valence-corrected chi connectivity index (χ4v) is 3.06. The first kappa shape index (κ1) is 13.6. The lowest BCUT2D eigenvalue weighted by Crippen LogP contribution is -2.39. The lowest BCUT2D eigenvalue weighted by Gasteiger charge is -2.29. The number of ether oxygens (including phenoxy) is 1. The molecule has 1 aromatic carbocycles. The summed E-state index contributed by atoms with van der Waals surface area (Å²) in [5.74, 6) is 0.579. The second kappa shape index (κ2) is 6.40. The maximum absolute atomic E-state index is 12.7. The predicted octanol–water partition coefficient (Wildman–Crippen LogP) is 2.99. The Kier molecular flexibility index (Phi) is 4.36. The van der Waals surface area contributed by atoms with Crippen molar-refractivity contribution in [3.05, 3.63) is 35.9 Å². The van der Waals surface area contributed by atoms with Gasteiger partial charge in [0.15, 0.2) is 0 Å². The van der Waals surface area contributed by atoms with Crippen LogP contribution in [0.25, 0.3) is 0 Å². The second-order valence-electron chi connectivity index (χ2n) is 5.99. The highest BCUT2D eigenvalue weighted by Gasteiger charge is 2.31. The Morgan fingerprint density at radius 2 is 1.85 bits per heavy atom. The maximum Gasteiger partial charge on any atom is 0.226 e. The topological polar surface area (TPSA) is 32.8 Å². The monoisotopic (exact) mass is 273 g/mol. The van der Waals surface area contributed by atoms with Gasteiger partial charge in [0.05, 0.1) is 12.7 Å². The highest BCUT2D eigenvalue weighted by molar-refractivity contribution is 5.79. The molecule has 1 atom stereocenters. The molecule has 3 rings (SSSR count). The van der Waals surface area contributed by atoms with Crippen LogP contribution in [0.2, 0.25) is 0 Å². The number of nitrogens with zero attached hydrogens (tertiary/aromatic N) is 1. The standard InChI is InChI=1S/C17H23NO2/c19-17(15-9-5-2-6-10-15)18(12-16-13-20-16)11-14-7-3-1-4-8-14/h1,3-4,7-8,15-16H,2,5-6,9-13H2. The van der Waals surface area contributed by atoms with Crippen molar-refractivity contribution in [3.63, 3.8) is 0 Å². The first-order valence-electron chi connectivity index (χ1n) is 7.77. The van der Waals surface area contributed by atoms with Gasteiger partial charge in [-0.3, -0.25) is 4.79 Å². The molecule has 1 unspecified atom stereocenters. The Morgan fingerprint density at radius 1 is 1.15 bits per heavy atom. The van der Waals surface area contributed by atoms with Crippen molar-refractivity contribution in [2.75, 3.05) is 13.2 Å². The molecule has 1 saturated carbocycles. The van der Waals surface area contributed by atoms with Crippen LogP contribution in [0.15, 0.2) is 30.3 Å². The molecular formula is C17H23NO2. The molecule has 1 aliphatic heterocycles. The van der Waals surface area contributed by atoms with E-state index < -0.39 is 0 Å². The summed E-state index contributed by atoms with van der Waals surface area (Å²) in [5, 5.41) is 0. The van der Waals surface area contributed by atoms with E-state index in [0.29, 0.717) is 5.91 Å². The minimum atomic E-state index is 0.242. The molecule has 108 valence electrons. The van der Waals surface area contributed by atoms with Gasteiger partial charge in [0.25, 0.3) is 0 Å². The Bertz CT molecular complexity index is 436. The Labute approximate surface area is 120 Å². The zero-order valence-electron chi connectivity index (χ0n) is 12.0. The lowest BCUT2D eigenvalue weighted by molar-refractivity contribution is -0.137. The van der Waals surface area contributed by atoms with Gasteiger partial charge in [-0.25, -0.2) is 0 Å². The highest BCUT2D eigenvalue weighted by Crippen LogP contribution is 2.27. The van der Waals surface area contributed by atoms with Gasteiger partial charge in [0.1, 0.15) is 0 Å². The van der Waals surface area contributed by atoms with Crippen LogP contribution in [0.1, 0.15) is 37.7 Å². The first-order chi connectivity index (χ1) is 9.83. The van der Waals surface area contributed by atoms with E-state index in [0.717, 1.165) is 32.5 Å². The number of carbonyl (C=O) groups excluding carboxylic acids is 1. The third kappa shape index (κ3) is 3.60. The minimum absolute atomic E-state index is 0.242. The third-order valence-corrected chi connectivity index (χ3v) is 4.31. The molecule has 1 aromatic rings. The number of amides is 1. The summed E-state index contributed by atoms with van der Waals surface area (Å²) in [7, 11) is 0. The summed E-state index contributed by atoms with van der Waals surface area (Å²) in [5.41, 5.74) is 1.21. The number of benzene rings is 1. The van der Waals surface area contributed by atoms with Crippen molar-refractivity contribution >= 4 is 5.91 Å². The van der Waals surface area contributed by atoms with Crippen LogP contribution in [0, 0.1) is 5.92 Å². The molecule has 1 amide bonds. The number of rotatable bonds is 5. The molecule has 0 N–H and O–H groups in total. The fourth-order valence-electron chi connectivity index (χ4n) is 3.06. The summed E-state index contributed by atoms with van der Waals surface area (Å²) in [4.78, 5) is 14.8. The maximum atomic E-state index is 12.7. The molecule has 2 fully saturated rings. The molecule has 1 aliphatic carbocycles. The minimum Gasteiger partial charge on any atom is -0.371 e. The first-order valence-corrected chi connectivity index (χ1v) is 7.77. The molecule has 0 aromatic heterocycles. The molecule has 0 spiro atoms. The zero-order chi connectivity index (χ0) is 13.8. The second-order valence-corrected chi connectivity index (χ2v) is 5.99. The van der Waals surface area contributed by atoms with Crippen LogP contribution in [0.5, 0.6) is 0 Å². The number of hydrogen-bond donors (Lipinski definition) is 0. The van der Waals surface area contributed by atoms with Crippen LogP contribution >= 0.6 is 0 Å². The van der Waals surface area contributed by atoms with E-state index in [1.54, 1.807) is 0 Å². The molecule has 0 bridgehead atoms. The van der Waals surface area contributed by atoms with Gasteiger partial charge >= 0.3 is 0 Å². The quantitative estimate of drug-likeness (QED) is 0.773. The van der Waals surface area contributed by atoms with Crippen LogP contribution in [-0.4, -0.2) is 30.1 Å². The van der Waals surface area contributed by atoms with Crippen molar-refractivity contribution in [2.24, 2.45) is 5.92 Å². The molecule has 20 heavy (non-hydrogen) atoms. The van der Waals surface area contributed by atoms with E-state index in [1.165, 1.54) is 24.8 Å². The lowest BCUT2D eigenvalue weighted by atomic mass is 9.88. The van der Waals surface area contributed by atoms with Crippen molar-refractivity contribution < 1.29 is 9.53 Å². The summed E-state index contributed by atoms with van der Waals surface area (Å²) >= 11 is 0. The van der Waals surface area contributed by atoms with Crippen molar-refractivity contribution in [2.45, 2.75) is 44.8 Å². The van der Waals surface area contributed by atoms with Gasteiger partial charge in [-0.2, -0.15) is 0 Å². The number of carbonyl (C=O) groups is 1.